The molecule has 0 spiro atoms. The quantitative estimate of drug-likeness (QED) is 0.741. The molecule has 1 aliphatic rings. The summed E-state index contributed by atoms with van der Waals surface area (Å²) in [5.74, 6) is 0.945. The molecular formula is C14H22N2O3. The molecule has 0 aliphatic heterocycles. The standard InChI is InChI=1S/C14H22N2O3/c1-3-5-8-11-15-12(19-16-11)14(9-6-7-10-14)13(17)18-4-2/h3-10H2,1-2H3. The van der Waals surface area contributed by atoms with E-state index in [4.69, 9.17) is 9.26 Å². The van der Waals surface area contributed by atoms with Gasteiger partial charge < -0.3 is 9.26 Å². The summed E-state index contributed by atoms with van der Waals surface area (Å²) in [4.78, 5) is 16.7. The summed E-state index contributed by atoms with van der Waals surface area (Å²) in [6, 6.07) is 0. The monoisotopic (exact) mass is 266 g/mol. The molecule has 1 aromatic heterocycles. The van der Waals surface area contributed by atoms with Gasteiger partial charge in [0.2, 0.25) is 5.89 Å². The Morgan fingerprint density at radius 2 is 2.11 bits per heavy atom. The van der Waals surface area contributed by atoms with Crippen LogP contribution in [-0.4, -0.2) is 22.7 Å². The molecule has 0 radical (unpaired) electrons. The van der Waals surface area contributed by atoms with E-state index in [-0.39, 0.29) is 5.97 Å². The molecule has 0 N–H and O–H groups in total. The maximum Gasteiger partial charge on any atom is 0.321 e. The van der Waals surface area contributed by atoms with Crippen molar-refractivity contribution in [3.63, 3.8) is 0 Å². The molecule has 0 saturated heterocycles. The minimum atomic E-state index is -0.687. The van der Waals surface area contributed by atoms with E-state index in [0.29, 0.717) is 18.3 Å². The van der Waals surface area contributed by atoms with Crippen molar-refractivity contribution in [2.75, 3.05) is 6.61 Å². The number of carbonyl (C=O) groups excluding carboxylic acids is 1. The van der Waals surface area contributed by atoms with Crippen molar-refractivity contribution >= 4 is 5.97 Å². The summed E-state index contributed by atoms with van der Waals surface area (Å²) in [5.41, 5.74) is -0.687. The van der Waals surface area contributed by atoms with Crippen molar-refractivity contribution in [2.45, 2.75) is 64.2 Å². The van der Waals surface area contributed by atoms with Crippen molar-refractivity contribution in [2.24, 2.45) is 0 Å². The Hall–Kier alpha value is -1.39. The smallest absolute Gasteiger partial charge is 0.321 e. The molecule has 19 heavy (non-hydrogen) atoms. The third-order valence-electron chi connectivity index (χ3n) is 3.75. The normalized spacial score (nSPS) is 17.6. The highest BCUT2D eigenvalue weighted by Crippen LogP contribution is 2.41. The average molecular weight is 266 g/mol. The Labute approximate surface area is 113 Å². The molecule has 1 aliphatic carbocycles. The molecule has 5 nitrogen and oxygen atoms in total. The van der Waals surface area contributed by atoms with E-state index < -0.39 is 5.41 Å². The van der Waals surface area contributed by atoms with Gasteiger partial charge in [0, 0.05) is 6.42 Å². The first-order chi connectivity index (χ1) is 9.23. The van der Waals surface area contributed by atoms with Crippen molar-refractivity contribution in [1.82, 2.24) is 10.1 Å². The van der Waals surface area contributed by atoms with Gasteiger partial charge in [0.25, 0.3) is 0 Å². The fourth-order valence-corrected chi connectivity index (χ4v) is 2.64. The van der Waals surface area contributed by atoms with Crippen LogP contribution in [0.3, 0.4) is 0 Å². The topological polar surface area (TPSA) is 65.2 Å². The second-order valence-electron chi connectivity index (χ2n) is 5.13. The molecule has 1 saturated carbocycles. The molecule has 0 amide bonds. The highest BCUT2D eigenvalue weighted by molar-refractivity contribution is 5.82. The number of rotatable bonds is 6. The Morgan fingerprint density at radius 1 is 1.37 bits per heavy atom. The van der Waals surface area contributed by atoms with Crippen LogP contribution in [-0.2, 0) is 21.4 Å². The van der Waals surface area contributed by atoms with Gasteiger partial charge in [-0.15, -0.1) is 0 Å². The number of aromatic nitrogens is 2. The van der Waals surface area contributed by atoms with Crippen LogP contribution in [0.15, 0.2) is 4.52 Å². The Kier molecular flexibility index (Phi) is 4.56. The lowest BCUT2D eigenvalue weighted by atomic mass is 9.86. The van der Waals surface area contributed by atoms with Gasteiger partial charge in [0.15, 0.2) is 5.82 Å². The average Bonchev–Trinajstić information content (AvgIpc) is 3.06. The Bertz CT molecular complexity index is 422. The number of carbonyl (C=O) groups is 1. The molecule has 106 valence electrons. The van der Waals surface area contributed by atoms with Gasteiger partial charge in [-0.3, -0.25) is 4.79 Å². The van der Waals surface area contributed by atoms with Crippen LogP contribution in [0.5, 0.6) is 0 Å². The maximum absolute atomic E-state index is 12.2. The van der Waals surface area contributed by atoms with Crippen LogP contribution in [0.1, 0.15) is 64.1 Å². The van der Waals surface area contributed by atoms with Gasteiger partial charge in [-0.2, -0.15) is 4.98 Å². The number of aryl methyl sites for hydroxylation is 1. The molecular weight excluding hydrogens is 244 g/mol. The van der Waals surface area contributed by atoms with Gasteiger partial charge in [-0.25, -0.2) is 0 Å². The molecule has 2 rings (SSSR count). The highest BCUT2D eigenvalue weighted by atomic mass is 16.5. The van der Waals surface area contributed by atoms with Crippen molar-refractivity contribution in [1.29, 1.82) is 0 Å². The fraction of sp³-hybridized carbons (Fsp3) is 0.786. The van der Waals surface area contributed by atoms with Crippen molar-refractivity contribution < 1.29 is 14.1 Å². The lowest BCUT2D eigenvalue weighted by Gasteiger charge is -2.21. The van der Waals surface area contributed by atoms with Crippen molar-refractivity contribution in [3.05, 3.63) is 11.7 Å². The van der Waals surface area contributed by atoms with E-state index in [2.05, 4.69) is 17.1 Å². The SMILES string of the molecule is CCCCc1noc(C2(C(=O)OCC)CCCC2)n1. The van der Waals surface area contributed by atoms with Gasteiger partial charge >= 0.3 is 5.97 Å². The van der Waals surface area contributed by atoms with Crippen LogP contribution >= 0.6 is 0 Å². The van der Waals surface area contributed by atoms with E-state index >= 15 is 0 Å². The van der Waals surface area contributed by atoms with Gasteiger partial charge in [-0.1, -0.05) is 31.3 Å². The number of esters is 1. The van der Waals surface area contributed by atoms with E-state index in [1.807, 2.05) is 6.92 Å². The summed E-state index contributed by atoms with van der Waals surface area (Å²) in [5, 5.41) is 3.99. The minimum Gasteiger partial charge on any atom is -0.465 e. The van der Waals surface area contributed by atoms with Crippen LogP contribution in [0.4, 0.5) is 0 Å². The van der Waals surface area contributed by atoms with E-state index in [1.54, 1.807) is 0 Å². The van der Waals surface area contributed by atoms with Crippen LogP contribution in [0, 0.1) is 0 Å². The molecule has 1 heterocycles. The third-order valence-corrected chi connectivity index (χ3v) is 3.75. The van der Waals surface area contributed by atoms with Gasteiger partial charge in [0.05, 0.1) is 6.61 Å². The molecule has 5 heteroatoms. The first kappa shape index (κ1) is 14.0. The highest BCUT2D eigenvalue weighted by Gasteiger charge is 2.48. The minimum absolute atomic E-state index is 0.210. The van der Waals surface area contributed by atoms with Crippen LogP contribution in [0.2, 0.25) is 0 Å². The number of unbranched alkanes of at least 4 members (excludes halogenated alkanes) is 1. The first-order valence-corrected chi connectivity index (χ1v) is 7.23. The zero-order valence-electron chi connectivity index (χ0n) is 11.8. The number of hydrogen-bond donors (Lipinski definition) is 0. The summed E-state index contributed by atoms with van der Waals surface area (Å²) in [6.07, 6.45) is 6.44. The van der Waals surface area contributed by atoms with Crippen LogP contribution in [0.25, 0.3) is 0 Å². The lowest BCUT2D eigenvalue weighted by Crippen LogP contribution is -2.35. The molecule has 1 aromatic rings. The lowest BCUT2D eigenvalue weighted by molar-refractivity contribution is -0.151. The maximum atomic E-state index is 12.2. The molecule has 0 unspecified atom stereocenters. The Morgan fingerprint density at radius 3 is 2.74 bits per heavy atom. The fourth-order valence-electron chi connectivity index (χ4n) is 2.64. The third kappa shape index (κ3) is 2.80. The van der Waals surface area contributed by atoms with E-state index in [1.165, 1.54) is 0 Å². The predicted octanol–water partition coefficient (Wildman–Crippen LogP) is 2.79. The molecule has 0 aromatic carbocycles. The van der Waals surface area contributed by atoms with Gasteiger partial charge in [-0.05, 0) is 26.2 Å². The van der Waals surface area contributed by atoms with Gasteiger partial charge in [0.1, 0.15) is 5.41 Å². The zero-order valence-corrected chi connectivity index (χ0v) is 11.8. The van der Waals surface area contributed by atoms with E-state index in [0.717, 1.165) is 44.9 Å². The molecule has 0 bridgehead atoms. The number of hydrogen-bond acceptors (Lipinski definition) is 5. The largest absolute Gasteiger partial charge is 0.465 e. The summed E-state index contributed by atoms with van der Waals surface area (Å²) in [7, 11) is 0. The zero-order chi connectivity index (χ0) is 13.7. The summed E-state index contributed by atoms with van der Waals surface area (Å²) >= 11 is 0. The molecule has 0 atom stereocenters. The first-order valence-electron chi connectivity index (χ1n) is 7.23. The van der Waals surface area contributed by atoms with E-state index in [9.17, 15) is 4.79 Å². The Balaban J connectivity index is 2.19. The van der Waals surface area contributed by atoms with Crippen molar-refractivity contribution in [3.8, 4) is 0 Å². The summed E-state index contributed by atoms with van der Waals surface area (Å²) < 4.78 is 10.6. The number of ether oxygens (including phenoxy) is 1. The second-order valence-corrected chi connectivity index (χ2v) is 5.13. The number of nitrogens with zero attached hydrogens (tertiary/aromatic N) is 2. The van der Waals surface area contributed by atoms with Crippen LogP contribution < -0.4 is 0 Å². The predicted molar refractivity (Wildman–Crippen MR) is 69.7 cm³/mol. The second kappa shape index (κ2) is 6.17. The summed E-state index contributed by atoms with van der Waals surface area (Å²) in [6.45, 7) is 4.33. The molecule has 1 fully saturated rings.